The summed E-state index contributed by atoms with van der Waals surface area (Å²) in [6, 6.07) is 11.9. The molecule has 0 saturated heterocycles. The van der Waals surface area contributed by atoms with Crippen LogP contribution < -0.4 is 10.1 Å². The van der Waals surface area contributed by atoms with E-state index in [0.717, 1.165) is 52.7 Å². The predicted octanol–water partition coefficient (Wildman–Crippen LogP) is 4.07. The van der Waals surface area contributed by atoms with Gasteiger partial charge in [-0.05, 0) is 30.7 Å². The summed E-state index contributed by atoms with van der Waals surface area (Å²) in [5.41, 5.74) is 2.83. The first kappa shape index (κ1) is 13.5. The van der Waals surface area contributed by atoms with Crippen LogP contribution in [0.4, 0.5) is 5.69 Å². The Balaban J connectivity index is 1.97. The van der Waals surface area contributed by atoms with Crippen molar-refractivity contribution in [3.63, 3.8) is 0 Å². The number of rotatable bonds is 6. The van der Waals surface area contributed by atoms with Gasteiger partial charge in [-0.1, -0.05) is 19.4 Å². The molecule has 3 rings (SSSR count). The number of hydrogen-bond acceptors (Lipinski definition) is 2. The lowest BCUT2D eigenvalue weighted by Gasteiger charge is -2.04. The van der Waals surface area contributed by atoms with Crippen molar-refractivity contribution in [3.8, 4) is 5.75 Å². The van der Waals surface area contributed by atoms with E-state index in [1.807, 2.05) is 30.3 Å². The van der Waals surface area contributed by atoms with Crippen molar-refractivity contribution in [2.75, 3.05) is 11.9 Å². The van der Waals surface area contributed by atoms with Crippen molar-refractivity contribution in [1.29, 1.82) is 0 Å². The van der Waals surface area contributed by atoms with Crippen LogP contribution in [0.5, 0.6) is 5.75 Å². The highest BCUT2D eigenvalue weighted by Gasteiger charge is 2.06. The topological polar surface area (TPSA) is 54.1 Å². The van der Waals surface area contributed by atoms with Gasteiger partial charge in [-0.15, -0.1) is 0 Å². The van der Waals surface area contributed by atoms with Gasteiger partial charge in [0.15, 0.2) is 0 Å². The van der Waals surface area contributed by atoms with Gasteiger partial charge in [-0.25, -0.2) is 0 Å². The van der Waals surface area contributed by atoms with Gasteiger partial charge in [0.2, 0.25) is 6.41 Å². The lowest BCUT2D eigenvalue weighted by Crippen LogP contribution is -1.95. The summed E-state index contributed by atoms with van der Waals surface area (Å²) in [4.78, 5) is 13.9. The average molecular weight is 282 g/mol. The largest absolute Gasteiger partial charge is 0.494 e. The molecule has 0 atom stereocenters. The molecule has 3 aromatic rings. The molecule has 0 fully saturated rings. The number of amides is 1. The minimum Gasteiger partial charge on any atom is -0.494 e. The molecule has 0 bridgehead atoms. The number of carbonyl (C=O) groups excluding carboxylic acids is 1. The Morgan fingerprint density at radius 1 is 1.14 bits per heavy atom. The second-order valence-electron chi connectivity index (χ2n) is 5.06. The standard InChI is InChI=1S/C17H18N2O2/c1-2-3-8-21-13-5-7-15-14-6-4-12(18-11-20)9-16(14)19-17(15)10-13/h4-7,9-11,19H,2-3,8H2,1H3,(H,18,20). The molecule has 2 N–H and O–H groups in total. The number of unbranched alkanes of at least 4 members (excludes halogenated alkanes) is 1. The molecule has 4 nitrogen and oxygen atoms in total. The number of anilines is 1. The molecule has 2 aromatic carbocycles. The van der Waals surface area contributed by atoms with Crippen LogP contribution in [0.25, 0.3) is 21.8 Å². The molecular formula is C17H18N2O2. The van der Waals surface area contributed by atoms with E-state index in [1.165, 1.54) is 0 Å². The van der Waals surface area contributed by atoms with Crippen LogP contribution >= 0.6 is 0 Å². The van der Waals surface area contributed by atoms with E-state index < -0.39 is 0 Å². The number of carbonyl (C=O) groups is 1. The highest BCUT2D eigenvalue weighted by molar-refractivity contribution is 6.08. The van der Waals surface area contributed by atoms with Crippen LogP contribution in [0.1, 0.15) is 19.8 Å². The molecule has 0 aliphatic carbocycles. The number of H-pyrrole nitrogens is 1. The number of nitrogens with one attached hydrogen (secondary N) is 2. The Morgan fingerprint density at radius 3 is 2.67 bits per heavy atom. The molecule has 4 heteroatoms. The maximum Gasteiger partial charge on any atom is 0.211 e. The monoisotopic (exact) mass is 282 g/mol. The second kappa shape index (κ2) is 5.87. The van der Waals surface area contributed by atoms with Crippen LogP contribution in [-0.4, -0.2) is 18.0 Å². The number of benzene rings is 2. The summed E-state index contributed by atoms with van der Waals surface area (Å²) in [7, 11) is 0. The molecule has 21 heavy (non-hydrogen) atoms. The molecule has 0 saturated carbocycles. The van der Waals surface area contributed by atoms with Gasteiger partial charge >= 0.3 is 0 Å². The van der Waals surface area contributed by atoms with Gasteiger partial charge in [0, 0.05) is 28.0 Å². The normalized spacial score (nSPS) is 10.9. The number of hydrogen-bond donors (Lipinski definition) is 2. The Labute approximate surface area is 123 Å². The minimum atomic E-state index is 0.684. The second-order valence-corrected chi connectivity index (χ2v) is 5.06. The van der Waals surface area contributed by atoms with Crippen molar-refractivity contribution < 1.29 is 9.53 Å². The molecule has 0 radical (unpaired) electrons. The van der Waals surface area contributed by atoms with Crippen LogP contribution in [0, 0.1) is 0 Å². The van der Waals surface area contributed by atoms with Crippen molar-refractivity contribution in [3.05, 3.63) is 36.4 Å². The summed E-state index contributed by atoms with van der Waals surface area (Å²) in [5, 5.41) is 4.96. The smallest absolute Gasteiger partial charge is 0.211 e. The van der Waals surface area contributed by atoms with Gasteiger partial charge < -0.3 is 15.0 Å². The third-order valence-electron chi connectivity index (χ3n) is 3.56. The van der Waals surface area contributed by atoms with Gasteiger partial charge in [0.1, 0.15) is 5.75 Å². The molecule has 1 heterocycles. The summed E-state index contributed by atoms with van der Waals surface area (Å²) in [6.07, 6.45) is 2.87. The van der Waals surface area contributed by atoms with Gasteiger partial charge in [0.05, 0.1) is 12.1 Å². The lowest BCUT2D eigenvalue weighted by atomic mass is 10.1. The first-order chi connectivity index (χ1) is 10.3. The predicted molar refractivity (Wildman–Crippen MR) is 85.9 cm³/mol. The molecule has 0 aliphatic rings. The van der Waals surface area contributed by atoms with Crippen LogP contribution in [0.2, 0.25) is 0 Å². The summed E-state index contributed by atoms with van der Waals surface area (Å²) in [5.74, 6) is 0.883. The number of aromatic nitrogens is 1. The Morgan fingerprint density at radius 2 is 1.90 bits per heavy atom. The SMILES string of the molecule is CCCCOc1ccc2c(c1)[nH]c1cc(NC=O)ccc12. The van der Waals surface area contributed by atoms with Crippen LogP contribution in [0.15, 0.2) is 36.4 Å². The van der Waals surface area contributed by atoms with Gasteiger partial charge in [-0.3, -0.25) is 4.79 Å². The van der Waals surface area contributed by atoms with Crippen molar-refractivity contribution in [2.45, 2.75) is 19.8 Å². The highest BCUT2D eigenvalue weighted by atomic mass is 16.5. The Hall–Kier alpha value is -2.49. The number of fused-ring (bicyclic) bond motifs is 3. The molecule has 108 valence electrons. The fourth-order valence-electron chi connectivity index (χ4n) is 2.47. The van der Waals surface area contributed by atoms with E-state index in [0.29, 0.717) is 6.41 Å². The summed E-state index contributed by atoms with van der Waals surface area (Å²) >= 11 is 0. The zero-order chi connectivity index (χ0) is 14.7. The maximum atomic E-state index is 10.5. The van der Waals surface area contributed by atoms with E-state index >= 15 is 0 Å². The van der Waals surface area contributed by atoms with Gasteiger partial charge in [0.25, 0.3) is 0 Å². The quantitative estimate of drug-likeness (QED) is 0.529. The van der Waals surface area contributed by atoms with Gasteiger partial charge in [-0.2, -0.15) is 0 Å². The molecule has 1 amide bonds. The van der Waals surface area contributed by atoms with E-state index in [9.17, 15) is 4.79 Å². The van der Waals surface area contributed by atoms with E-state index in [-0.39, 0.29) is 0 Å². The number of ether oxygens (including phenoxy) is 1. The zero-order valence-electron chi connectivity index (χ0n) is 12.0. The maximum absolute atomic E-state index is 10.5. The first-order valence-electron chi connectivity index (χ1n) is 7.20. The zero-order valence-corrected chi connectivity index (χ0v) is 12.0. The van der Waals surface area contributed by atoms with Crippen LogP contribution in [-0.2, 0) is 4.79 Å². The highest BCUT2D eigenvalue weighted by Crippen LogP contribution is 2.30. The van der Waals surface area contributed by atoms with E-state index in [2.05, 4.69) is 23.3 Å². The van der Waals surface area contributed by atoms with Crippen molar-refractivity contribution in [2.24, 2.45) is 0 Å². The van der Waals surface area contributed by atoms with Crippen LogP contribution in [0.3, 0.4) is 0 Å². The fourth-order valence-corrected chi connectivity index (χ4v) is 2.47. The van der Waals surface area contributed by atoms with Crippen molar-refractivity contribution >= 4 is 33.9 Å². The minimum absolute atomic E-state index is 0.684. The van der Waals surface area contributed by atoms with E-state index in [4.69, 9.17) is 4.74 Å². The van der Waals surface area contributed by atoms with Crippen molar-refractivity contribution in [1.82, 2.24) is 4.98 Å². The molecule has 0 unspecified atom stereocenters. The summed E-state index contributed by atoms with van der Waals surface area (Å²) in [6.45, 7) is 2.89. The van der Waals surface area contributed by atoms with E-state index in [1.54, 1.807) is 0 Å². The fraction of sp³-hybridized carbons (Fsp3) is 0.235. The third kappa shape index (κ3) is 2.70. The number of aromatic amines is 1. The first-order valence-corrected chi connectivity index (χ1v) is 7.20. The molecule has 0 spiro atoms. The molecule has 0 aliphatic heterocycles. The third-order valence-corrected chi connectivity index (χ3v) is 3.56. The lowest BCUT2D eigenvalue weighted by molar-refractivity contribution is -0.105. The average Bonchev–Trinajstić information content (AvgIpc) is 2.84. The molecule has 1 aromatic heterocycles. The molecular weight excluding hydrogens is 264 g/mol. The Kier molecular flexibility index (Phi) is 3.77. The Bertz CT molecular complexity index is 777. The summed E-state index contributed by atoms with van der Waals surface area (Å²) < 4.78 is 5.73.